The van der Waals surface area contributed by atoms with Gasteiger partial charge in [-0.2, -0.15) is 5.10 Å². The van der Waals surface area contributed by atoms with Gasteiger partial charge in [0, 0.05) is 34.6 Å². The molecule has 1 amide bonds. The van der Waals surface area contributed by atoms with Crippen molar-refractivity contribution in [2.75, 3.05) is 12.4 Å². The van der Waals surface area contributed by atoms with Gasteiger partial charge < -0.3 is 10.1 Å². The van der Waals surface area contributed by atoms with E-state index in [-0.39, 0.29) is 5.91 Å². The molecule has 4 aromatic rings. The zero-order valence-corrected chi connectivity index (χ0v) is 17.3. The van der Waals surface area contributed by atoms with Crippen LogP contribution in [0.15, 0.2) is 54.9 Å². The number of carbonyl (C=O) groups is 1. The normalized spacial score (nSPS) is 14.4. The molecule has 7 heteroatoms. The summed E-state index contributed by atoms with van der Waals surface area (Å²) in [7, 11) is 1.61. The second kappa shape index (κ2) is 7.74. The molecule has 0 aliphatic carbocycles. The fourth-order valence-electron chi connectivity index (χ4n) is 3.57. The lowest BCUT2D eigenvalue weighted by atomic mass is 10.0. The van der Waals surface area contributed by atoms with Gasteiger partial charge in [-0.1, -0.05) is 23.7 Å². The fourth-order valence-corrected chi connectivity index (χ4v) is 3.75. The Balaban J connectivity index is 1.48. The van der Waals surface area contributed by atoms with Gasteiger partial charge >= 0.3 is 0 Å². The summed E-state index contributed by atoms with van der Waals surface area (Å²) >= 11 is 6.16. The monoisotopic (exact) mass is 428 g/mol. The van der Waals surface area contributed by atoms with Crippen molar-refractivity contribution < 1.29 is 9.53 Å². The smallest absolute Gasteiger partial charge is 0.256 e. The van der Waals surface area contributed by atoms with E-state index < -0.39 is 0 Å². The number of nitrogens with zero attached hydrogens (tertiary/aromatic N) is 2. The third-order valence-corrected chi connectivity index (χ3v) is 5.48. The van der Waals surface area contributed by atoms with Gasteiger partial charge in [-0.05, 0) is 59.7 Å². The average molecular weight is 429 g/mol. The Morgan fingerprint density at radius 1 is 1.10 bits per heavy atom. The number of rotatable bonds is 4. The molecule has 0 unspecified atom stereocenters. The molecule has 5 rings (SSSR count). The van der Waals surface area contributed by atoms with Crippen molar-refractivity contribution in [2.45, 2.75) is 0 Å². The van der Waals surface area contributed by atoms with Crippen LogP contribution in [0.2, 0.25) is 5.02 Å². The number of aromatic nitrogens is 3. The fraction of sp³-hybridized carbons (Fsp3) is 0.0417. The molecule has 0 radical (unpaired) electrons. The molecule has 0 saturated carbocycles. The van der Waals surface area contributed by atoms with E-state index in [1.54, 1.807) is 19.5 Å². The minimum atomic E-state index is -0.134. The Morgan fingerprint density at radius 2 is 2.00 bits per heavy atom. The molecule has 0 spiro atoms. The van der Waals surface area contributed by atoms with Crippen LogP contribution in [-0.2, 0) is 4.79 Å². The maximum atomic E-state index is 12.5. The van der Waals surface area contributed by atoms with Gasteiger partial charge in [0.05, 0.1) is 23.3 Å². The van der Waals surface area contributed by atoms with Crippen LogP contribution >= 0.6 is 11.6 Å². The van der Waals surface area contributed by atoms with Crippen molar-refractivity contribution >= 4 is 57.9 Å². The summed E-state index contributed by atoms with van der Waals surface area (Å²) in [6.45, 7) is 0. The highest BCUT2D eigenvalue weighted by atomic mass is 35.5. The molecule has 31 heavy (non-hydrogen) atoms. The number of amides is 1. The highest BCUT2D eigenvalue weighted by Gasteiger charge is 2.24. The van der Waals surface area contributed by atoms with Gasteiger partial charge in [0.15, 0.2) is 0 Å². The van der Waals surface area contributed by atoms with E-state index >= 15 is 0 Å². The van der Waals surface area contributed by atoms with E-state index in [2.05, 4.69) is 20.5 Å². The Hall–Kier alpha value is -3.90. The van der Waals surface area contributed by atoms with E-state index in [4.69, 9.17) is 16.3 Å². The summed E-state index contributed by atoms with van der Waals surface area (Å²) in [6.07, 6.45) is 8.98. The maximum Gasteiger partial charge on any atom is 0.256 e. The predicted octanol–water partition coefficient (Wildman–Crippen LogP) is 5.28. The minimum absolute atomic E-state index is 0.134. The van der Waals surface area contributed by atoms with Crippen LogP contribution in [-0.4, -0.2) is 28.2 Å². The lowest BCUT2D eigenvalue weighted by Gasteiger charge is -2.03. The van der Waals surface area contributed by atoms with Crippen molar-refractivity contribution in [3.8, 4) is 5.75 Å². The number of halogens is 1. The molecule has 6 nitrogen and oxygen atoms in total. The lowest BCUT2D eigenvalue weighted by Crippen LogP contribution is -2.03. The maximum absolute atomic E-state index is 12.5. The molecule has 0 fully saturated rings. The Kier molecular flexibility index (Phi) is 4.76. The van der Waals surface area contributed by atoms with Crippen LogP contribution in [0.1, 0.15) is 22.4 Å². The first-order valence-electron chi connectivity index (χ1n) is 9.59. The first-order valence-corrected chi connectivity index (χ1v) is 9.97. The number of fused-ring (bicyclic) bond motifs is 2. The van der Waals surface area contributed by atoms with E-state index in [0.717, 1.165) is 39.0 Å². The first kappa shape index (κ1) is 19.1. The number of nitrogens with one attached hydrogen (secondary N) is 2. The highest BCUT2D eigenvalue weighted by molar-refractivity contribution is 6.35. The van der Waals surface area contributed by atoms with Gasteiger partial charge in [-0.3, -0.25) is 14.9 Å². The molecule has 1 aliphatic heterocycles. The largest absolute Gasteiger partial charge is 0.497 e. The van der Waals surface area contributed by atoms with Crippen LogP contribution in [0.25, 0.3) is 34.7 Å². The summed E-state index contributed by atoms with van der Waals surface area (Å²) in [6, 6.07) is 13.3. The second-order valence-corrected chi connectivity index (χ2v) is 7.48. The summed E-state index contributed by atoms with van der Waals surface area (Å²) in [4.78, 5) is 16.5. The molecule has 1 aliphatic rings. The second-order valence-electron chi connectivity index (χ2n) is 7.07. The van der Waals surface area contributed by atoms with E-state index in [1.165, 1.54) is 0 Å². The number of hydrogen-bond donors (Lipinski definition) is 2. The molecule has 0 bridgehead atoms. The van der Waals surface area contributed by atoms with Crippen molar-refractivity contribution in [3.05, 3.63) is 82.3 Å². The zero-order chi connectivity index (χ0) is 21.4. The summed E-state index contributed by atoms with van der Waals surface area (Å²) < 4.78 is 5.30. The van der Waals surface area contributed by atoms with Gasteiger partial charge in [-0.15, -0.1) is 0 Å². The van der Waals surface area contributed by atoms with Gasteiger partial charge in [0.25, 0.3) is 5.91 Å². The number of benzene rings is 2. The van der Waals surface area contributed by atoms with Crippen molar-refractivity contribution in [1.29, 1.82) is 0 Å². The van der Waals surface area contributed by atoms with Crippen LogP contribution in [0.3, 0.4) is 0 Å². The quantitative estimate of drug-likeness (QED) is 0.433. The molecule has 2 aromatic carbocycles. The molecule has 2 N–H and O–H groups in total. The summed E-state index contributed by atoms with van der Waals surface area (Å²) in [5.41, 5.74) is 5.64. The summed E-state index contributed by atoms with van der Waals surface area (Å²) in [5.74, 6) is 0.571. The van der Waals surface area contributed by atoms with Crippen LogP contribution in [0.4, 0.5) is 5.69 Å². The Labute approximate surface area is 183 Å². The SMILES string of the molecule is COc1ccc2c(c1)C(=Cc1ccc3c(C=Cc4ccncc4Cl)n[nH]c3c1)C(=O)N2. The van der Waals surface area contributed by atoms with Crippen molar-refractivity contribution in [2.24, 2.45) is 0 Å². The number of carbonyl (C=O) groups excluding carboxylic acids is 1. The number of ether oxygens (including phenoxy) is 1. The van der Waals surface area contributed by atoms with Gasteiger partial charge in [-0.25, -0.2) is 0 Å². The first-order chi connectivity index (χ1) is 15.1. The molecule has 3 heterocycles. The number of aromatic amines is 1. The van der Waals surface area contributed by atoms with Gasteiger partial charge in [0.2, 0.25) is 0 Å². The average Bonchev–Trinajstić information content (AvgIpc) is 3.33. The van der Waals surface area contributed by atoms with E-state index in [1.807, 2.05) is 60.7 Å². The van der Waals surface area contributed by atoms with E-state index in [9.17, 15) is 4.79 Å². The Morgan fingerprint density at radius 3 is 2.84 bits per heavy atom. The predicted molar refractivity (Wildman–Crippen MR) is 124 cm³/mol. The standard InChI is InChI=1S/C24H17ClN4O2/c1-31-16-4-7-21-18(12-16)19(24(30)27-21)10-14-2-5-17-22(28-29-23(17)11-14)6-3-15-8-9-26-13-20(15)25/h2-13H,1H3,(H,27,30)(H,28,29). The number of pyridine rings is 1. The molecular formula is C24H17ClN4O2. The van der Waals surface area contributed by atoms with Gasteiger partial charge in [0.1, 0.15) is 5.75 Å². The van der Waals surface area contributed by atoms with Crippen LogP contribution < -0.4 is 10.1 Å². The van der Waals surface area contributed by atoms with Crippen molar-refractivity contribution in [3.63, 3.8) is 0 Å². The third-order valence-electron chi connectivity index (χ3n) is 5.16. The molecule has 0 saturated heterocycles. The van der Waals surface area contributed by atoms with Crippen molar-refractivity contribution in [1.82, 2.24) is 15.2 Å². The van der Waals surface area contributed by atoms with E-state index in [0.29, 0.717) is 16.3 Å². The molecule has 0 atom stereocenters. The number of hydrogen-bond acceptors (Lipinski definition) is 4. The summed E-state index contributed by atoms with van der Waals surface area (Å²) in [5, 5.41) is 11.9. The topological polar surface area (TPSA) is 79.9 Å². The zero-order valence-electron chi connectivity index (χ0n) is 16.5. The Bertz CT molecular complexity index is 1390. The molecular weight excluding hydrogens is 412 g/mol. The third kappa shape index (κ3) is 3.58. The lowest BCUT2D eigenvalue weighted by molar-refractivity contribution is -0.110. The number of anilines is 1. The minimum Gasteiger partial charge on any atom is -0.497 e. The number of H-pyrrole nitrogens is 1. The number of methoxy groups -OCH3 is 1. The van der Waals surface area contributed by atoms with Crippen LogP contribution in [0.5, 0.6) is 5.75 Å². The molecule has 152 valence electrons. The highest BCUT2D eigenvalue weighted by Crippen LogP contribution is 2.36. The molecule has 2 aromatic heterocycles. The van der Waals surface area contributed by atoms with Crippen LogP contribution in [0, 0.1) is 0 Å².